The lowest BCUT2D eigenvalue weighted by atomic mass is 10.1. The smallest absolute Gasteiger partial charge is 0.321 e. The van der Waals surface area contributed by atoms with Gasteiger partial charge in [0.25, 0.3) is 0 Å². The summed E-state index contributed by atoms with van der Waals surface area (Å²) in [4.78, 5) is 27.3. The van der Waals surface area contributed by atoms with Gasteiger partial charge in [-0.2, -0.15) is 0 Å². The van der Waals surface area contributed by atoms with E-state index in [0.29, 0.717) is 24.3 Å². The van der Waals surface area contributed by atoms with Gasteiger partial charge in [-0.25, -0.2) is 4.79 Å². The number of aliphatic hydroxyl groups is 1. The Hall–Kier alpha value is -1.92. The number of aliphatic hydroxyl groups excluding tert-OH is 1. The van der Waals surface area contributed by atoms with E-state index in [2.05, 4.69) is 5.32 Å². The van der Waals surface area contributed by atoms with Gasteiger partial charge in [0, 0.05) is 30.9 Å². The Morgan fingerprint density at radius 1 is 1.38 bits per heavy atom. The Kier molecular flexibility index (Phi) is 4.93. The number of hydrogen-bond donors (Lipinski definition) is 2. The van der Waals surface area contributed by atoms with E-state index < -0.39 is 0 Å². The minimum Gasteiger partial charge on any atom is -0.395 e. The fourth-order valence-corrected chi connectivity index (χ4v) is 2.35. The van der Waals surface area contributed by atoms with E-state index in [-0.39, 0.29) is 24.5 Å². The SMILES string of the molecule is CC(=O)c1cccc(NC(=O)N2CCN(C)C(CO)C2)c1. The van der Waals surface area contributed by atoms with Crippen LogP contribution in [-0.2, 0) is 0 Å². The first-order valence-electron chi connectivity index (χ1n) is 6.99. The number of rotatable bonds is 3. The van der Waals surface area contributed by atoms with Crippen molar-refractivity contribution < 1.29 is 14.7 Å². The molecule has 6 heteroatoms. The van der Waals surface area contributed by atoms with Crippen molar-refractivity contribution in [3.8, 4) is 0 Å². The van der Waals surface area contributed by atoms with Crippen LogP contribution in [0.1, 0.15) is 17.3 Å². The number of nitrogens with zero attached hydrogens (tertiary/aromatic N) is 2. The van der Waals surface area contributed by atoms with Crippen molar-refractivity contribution in [3.05, 3.63) is 29.8 Å². The van der Waals surface area contributed by atoms with Crippen LogP contribution in [0.4, 0.5) is 10.5 Å². The van der Waals surface area contributed by atoms with Gasteiger partial charge in [0.05, 0.1) is 12.6 Å². The highest BCUT2D eigenvalue weighted by Gasteiger charge is 2.26. The molecule has 1 aromatic rings. The normalized spacial score (nSPS) is 19.4. The molecule has 1 aliphatic rings. The maximum Gasteiger partial charge on any atom is 0.321 e. The predicted octanol–water partition coefficient (Wildman–Crippen LogP) is 1.03. The Bertz CT molecular complexity index is 533. The molecule has 1 heterocycles. The maximum atomic E-state index is 12.2. The van der Waals surface area contributed by atoms with Gasteiger partial charge in [-0.3, -0.25) is 9.69 Å². The second-order valence-electron chi connectivity index (χ2n) is 5.33. The van der Waals surface area contributed by atoms with Crippen LogP contribution in [0, 0.1) is 0 Å². The van der Waals surface area contributed by atoms with Crippen LogP contribution in [0.15, 0.2) is 24.3 Å². The lowest BCUT2D eigenvalue weighted by Crippen LogP contribution is -2.55. The van der Waals surface area contributed by atoms with E-state index in [9.17, 15) is 14.7 Å². The summed E-state index contributed by atoms with van der Waals surface area (Å²) in [5, 5.41) is 12.1. The van der Waals surface area contributed by atoms with Crippen LogP contribution in [0.5, 0.6) is 0 Å². The van der Waals surface area contributed by atoms with E-state index in [1.807, 2.05) is 11.9 Å². The number of nitrogens with one attached hydrogen (secondary N) is 1. The monoisotopic (exact) mass is 291 g/mol. The number of carbonyl (C=O) groups is 2. The zero-order chi connectivity index (χ0) is 15.4. The summed E-state index contributed by atoms with van der Waals surface area (Å²) in [7, 11) is 1.94. The molecule has 21 heavy (non-hydrogen) atoms. The molecule has 1 aliphatic heterocycles. The molecular formula is C15H21N3O3. The molecule has 2 N–H and O–H groups in total. The zero-order valence-corrected chi connectivity index (χ0v) is 12.4. The van der Waals surface area contributed by atoms with Crippen molar-refractivity contribution in [2.45, 2.75) is 13.0 Å². The van der Waals surface area contributed by atoms with Crippen LogP contribution in [0.3, 0.4) is 0 Å². The third-order valence-electron chi connectivity index (χ3n) is 3.80. The number of amides is 2. The van der Waals surface area contributed by atoms with E-state index in [0.717, 1.165) is 6.54 Å². The van der Waals surface area contributed by atoms with E-state index in [1.54, 1.807) is 29.2 Å². The van der Waals surface area contributed by atoms with Crippen molar-refractivity contribution >= 4 is 17.5 Å². The van der Waals surface area contributed by atoms with Crippen LogP contribution >= 0.6 is 0 Å². The van der Waals surface area contributed by atoms with Gasteiger partial charge in [-0.1, -0.05) is 12.1 Å². The highest BCUT2D eigenvalue weighted by Crippen LogP contribution is 2.14. The molecule has 0 radical (unpaired) electrons. The summed E-state index contributed by atoms with van der Waals surface area (Å²) >= 11 is 0. The lowest BCUT2D eigenvalue weighted by molar-refractivity contribution is 0.0754. The molecule has 0 aromatic heterocycles. The molecule has 6 nitrogen and oxygen atoms in total. The minimum atomic E-state index is -0.206. The van der Waals surface area contributed by atoms with Gasteiger partial charge >= 0.3 is 6.03 Å². The van der Waals surface area contributed by atoms with Crippen LogP contribution in [0.25, 0.3) is 0 Å². The second kappa shape index (κ2) is 6.69. The molecule has 2 amide bonds. The van der Waals surface area contributed by atoms with E-state index in [1.165, 1.54) is 6.92 Å². The number of Topliss-reactive ketones (excluding diaryl/α,β-unsaturated/α-hetero) is 1. The number of benzene rings is 1. The van der Waals surface area contributed by atoms with Crippen molar-refractivity contribution in [2.24, 2.45) is 0 Å². The molecule has 0 spiro atoms. The summed E-state index contributed by atoms with van der Waals surface area (Å²) in [6.07, 6.45) is 0. The molecule has 114 valence electrons. The standard InChI is InChI=1S/C15H21N3O3/c1-11(20)12-4-3-5-13(8-12)16-15(21)18-7-6-17(2)14(9-18)10-19/h3-5,8,14,19H,6-7,9-10H2,1-2H3,(H,16,21). The van der Waals surface area contributed by atoms with Gasteiger partial charge in [0.1, 0.15) is 0 Å². The van der Waals surface area contributed by atoms with Crippen molar-refractivity contribution in [2.75, 3.05) is 38.6 Å². The molecule has 1 atom stereocenters. The Morgan fingerprint density at radius 3 is 2.81 bits per heavy atom. The zero-order valence-electron chi connectivity index (χ0n) is 12.4. The minimum absolute atomic E-state index is 0.0279. The molecular weight excluding hydrogens is 270 g/mol. The number of piperazine rings is 1. The summed E-state index contributed by atoms with van der Waals surface area (Å²) < 4.78 is 0. The summed E-state index contributed by atoms with van der Waals surface area (Å²) in [5.41, 5.74) is 1.17. The first kappa shape index (κ1) is 15.5. The molecule has 0 aliphatic carbocycles. The fourth-order valence-electron chi connectivity index (χ4n) is 2.35. The molecule has 1 fully saturated rings. The maximum absolute atomic E-state index is 12.2. The third kappa shape index (κ3) is 3.80. The van der Waals surface area contributed by atoms with Gasteiger partial charge < -0.3 is 15.3 Å². The summed E-state index contributed by atoms with van der Waals surface area (Å²) in [6, 6.07) is 6.64. The molecule has 1 aromatic carbocycles. The number of carbonyl (C=O) groups excluding carboxylic acids is 2. The van der Waals surface area contributed by atoms with Gasteiger partial charge in [-0.05, 0) is 26.1 Å². The van der Waals surface area contributed by atoms with Crippen LogP contribution in [0.2, 0.25) is 0 Å². The van der Waals surface area contributed by atoms with Crippen molar-refractivity contribution in [1.29, 1.82) is 0 Å². The van der Waals surface area contributed by atoms with E-state index in [4.69, 9.17) is 0 Å². The number of urea groups is 1. The first-order valence-corrected chi connectivity index (χ1v) is 6.99. The van der Waals surface area contributed by atoms with Crippen molar-refractivity contribution in [1.82, 2.24) is 9.80 Å². The quantitative estimate of drug-likeness (QED) is 0.816. The van der Waals surface area contributed by atoms with Crippen LogP contribution in [-0.4, -0.2) is 66.1 Å². The van der Waals surface area contributed by atoms with Gasteiger partial charge in [-0.15, -0.1) is 0 Å². The predicted molar refractivity (Wildman–Crippen MR) is 80.5 cm³/mol. The average Bonchev–Trinajstić information content (AvgIpc) is 2.47. The number of ketones is 1. The average molecular weight is 291 g/mol. The molecule has 0 bridgehead atoms. The second-order valence-corrected chi connectivity index (χ2v) is 5.33. The summed E-state index contributed by atoms with van der Waals surface area (Å²) in [5.74, 6) is -0.0361. The fraction of sp³-hybridized carbons (Fsp3) is 0.467. The first-order chi connectivity index (χ1) is 10.0. The topological polar surface area (TPSA) is 72.9 Å². The van der Waals surface area contributed by atoms with Gasteiger partial charge in [0.2, 0.25) is 0 Å². The molecule has 1 unspecified atom stereocenters. The Labute approximate surface area is 124 Å². The van der Waals surface area contributed by atoms with E-state index >= 15 is 0 Å². The lowest BCUT2D eigenvalue weighted by Gasteiger charge is -2.38. The Balaban J connectivity index is 2.01. The molecule has 0 saturated carbocycles. The molecule has 2 rings (SSSR count). The highest BCUT2D eigenvalue weighted by atomic mass is 16.3. The third-order valence-corrected chi connectivity index (χ3v) is 3.80. The summed E-state index contributed by atoms with van der Waals surface area (Å²) in [6.45, 7) is 3.36. The number of likely N-dealkylation sites (N-methyl/N-ethyl adjacent to an activating group) is 1. The van der Waals surface area contributed by atoms with Crippen LogP contribution < -0.4 is 5.32 Å². The highest BCUT2D eigenvalue weighted by molar-refractivity contribution is 5.96. The largest absolute Gasteiger partial charge is 0.395 e. The molecule has 1 saturated heterocycles. The number of hydrogen-bond acceptors (Lipinski definition) is 4. The van der Waals surface area contributed by atoms with Crippen molar-refractivity contribution in [3.63, 3.8) is 0 Å². The number of anilines is 1. The Morgan fingerprint density at radius 2 is 2.14 bits per heavy atom. The van der Waals surface area contributed by atoms with Gasteiger partial charge in [0.15, 0.2) is 5.78 Å².